The predicted molar refractivity (Wildman–Crippen MR) is 65.2 cm³/mol. The summed E-state index contributed by atoms with van der Waals surface area (Å²) in [5.41, 5.74) is -0.735. The van der Waals surface area contributed by atoms with Crippen LogP contribution in [0, 0.1) is 0 Å². The van der Waals surface area contributed by atoms with Crippen LogP contribution < -0.4 is 10.6 Å². The van der Waals surface area contributed by atoms with Crippen molar-refractivity contribution in [2.45, 2.75) is 25.9 Å². The van der Waals surface area contributed by atoms with Crippen molar-refractivity contribution < 1.29 is 14.2 Å². The van der Waals surface area contributed by atoms with E-state index in [1.807, 2.05) is 0 Å². The molecule has 0 unspecified atom stereocenters. The Morgan fingerprint density at radius 2 is 2.28 bits per heavy atom. The van der Waals surface area contributed by atoms with Gasteiger partial charge in [0.25, 0.3) is 6.48 Å². The maximum atomic E-state index is 13.7. The number of hydrogen-bond donors (Lipinski definition) is 1. The van der Waals surface area contributed by atoms with E-state index in [9.17, 15) is 9.18 Å². The molecule has 1 N–H and O–H groups in total. The zero-order chi connectivity index (χ0) is 13.7. The molecule has 0 saturated heterocycles. The number of aliphatic hydroxyl groups excluding tert-OH is 1. The number of hydrogen-bond acceptors (Lipinski definition) is 5. The first kappa shape index (κ1) is 14.6. The Kier molecular flexibility index (Phi) is 5.24. The van der Waals surface area contributed by atoms with Crippen molar-refractivity contribution in [3.63, 3.8) is 0 Å². The minimum Gasteiger partial charge on any atom is -0.394 e. The second-order valence-electron chi connectivity index (χ2n) is 4.01. The van der Waals surface area contributed by atoms with Gasteiger partial charge in [-0.25, -0.2) is 9.36 Å². The van der Waals surface area contributed by atoms with Crippen LogP contribution in [-0.4, -0.2) is 41.5 Å². The summed E-state index contributed by atoms with van der Waals surface area (Å²) in [7, 11) is 3.46. The molecule has 0 spiro atoms. The van der Waals surface area contributed by atoms with E-state index >= 15 is 0 Å². The zero-order valence-electron chi connectivity index (χ0n) is 10.7. The largest absolute Gasteiger partial charge is 0.394 e. The number of anilines is 1. The lowest BCUT2D eigenvalue weighted by Gasteiger charge is -2.18. The van der Waals surface area contributed by atoms with Gasteiger partial charge in [-0.3, -0.25) is 0 Å². The van der Waals surface area contributed by atoms with Gasteiger partial charge in [-0.05, 0) is 12.5 Å². The topological polar surface area (TPSA) is 67.6 Å². The summed E-state index contributed by atoms with van der Waals surface area (Å²) in [6, 6.07) is 1.51. The molecule has 2 atom stereocenters. The minimum absolute atomic E-state index is 0.297. The lowest BCUT2D eigenvalue weighted by atomic mass is 10.3. The van der Waals surface area contributed by atoms with Gasteiger partial charge >= 0.3 is 5.69 Å². The van der Waals surface area contributed by atoms with Crippen LogP contribution in [0.15, 0.2) is 17.1 Å². The molecule has 0 saturated carbocycles. The van der Waals surface area contributed by atoms with Crippen LogP contribution in [0.3, 0.4) is 0 Å². The first-order chi connectivity index (χ1) is 8.49. The molecule has 0 aliphatic heterocycles. The van der Waals surface area contributed by atoms with Gasteiger partial charge in [0.1, 0.15) is 5.82 Å². The Bertz CT molecular complexity index is 432. The van der Waals surface area contributed by atoms with Crippen LogP contribution in [0.5, 0.6) is 0 Å². The number of alkyl halides is 1. The number of aliphatic hydroxyl groups is 1. The van der Waals surface area contributed by atoms with Crippen LogP contribution in [0.25, 0.3) is 0 Å². The van der Waals surface area contributed by atoms with E-state index in [1.54, 1.807) is 25.9 Å². The number of aromatic nitrogens is 2. The molecule has 6 nitrogen and oxygen atoms in total. The highest BCUT2D eigenvalue weighted by Crippen LogP contribution is 2.13. The van der Waals surface area contributed by atoms with Crippen LogP contribution in [0.2, 0.25) is 0 Å². The standard InChI is InChI=1S/C11H18FN3O3/c1-4-8(7-16)18-10(12)15-6-5-9(14(2)3)13-11(15)17/h5-6,8,10,16H,4,7H2,1-3H3/t8-,10+/m0/s1. The average molecular weight is 259 g/mol. The molecule has 0 amide bonds. The molecule has 1 aromatic heterocycles. The van der Waals surface area contributed by atoms with Gasteiger partial charge in [-0.1, -0.05) is 6.92 Å². The SMILES string of the molecule is CC[C@@H](CO)O[C@H](F)n1ccc(N(C)C)nc1=O. The summed E-state index contributed by atoms with van der Waals surface area (Å²) in [5.74, 6) is 0.442. The molecule has 0 aliphatic rings. The van der Waals surface area contributed by atoms with E-state index in [2.05, 4.69) is 4.98 Å². The van der Waals surface area contributed by atoms with E-state index in [-0.39, 0.29) is 6.61 Å². The Morgan fingerprint density at radius 1 is 1.61 bits per heavy atom. The molecule has 1 aromatic rings. The first-order valence-electron chi connectivity index (χ1n) is 5.66. The molecule has 0 aliphatic carbocycles. The zero-order valence-corrected chi connectivity index (χ0v) is 10.7. The summed E-state index contributed by atoms with van der Waals surface area (Å²) >= 11 is 0. The minimum atomic E-state index is -1.95. The van der Waals surface area contributed by atoms with Crippen LogP contribution in [-0.2, 0) is 4.74 Å². The molecule has 102 valence electrons. The number of ether oxygens (including phenoxy) is 1. The number of nitrogens with zero attached hydrogens (tertiary/aromatic N) is 3. The summed E-state index contributed by atoms with van der Waals surface area (Å²) in [6.45, 7) is -0.489. The molecule has 7 heteroatoms. The van der Waals surface area contributed by atoms with Crippen molar-refractivity contribution in [1.82, 2.24) is 9.55 Å². The van der Waals surface area contributed by atoms with Gasteiger partial charge in [0.2, 0.25) is 0 Å². The predicted octanol–water partition coefficient (Wildman–Crippen LogP) is 0.522. The number of halogens is 1. The van der Waals surface area contributed by atoms with Crippen molar-refractivity contribution in [2.24, 2.45) is 0 Å². The van der Waals surface area contributed by atoms with E-state index in [4.69, 9.17) is 9.84 Å². The summed E-state index contributed by atoms with van der Waals surface area (Å²) in [4.78, 5) is 16.9. The van der Waals surface area contributed by atoms with Crippen LogP contribution >= 0.6 is 0 Å². The monoisotopic (exact) mass is 259 g/mol. The molecule has 0 bridgehead atoms. The Morgan fingerprint density at radius 3 is 2.72 bits per heavy atom. The molecular weight excluding hydrogens is 241 g/mol. The third kappa shape index (κ3) is 3.51. The maximum absolute atomic E-state index is 13.7. The summed E-state index contributed by atoms with van der Waals surface area (Å²) in [5, 5.41) is 8.91. The van der Waals surface area contributed by atoms with Gasteiger partial charge in [-0.2, -0.15) is 9.37 Å². The van der Waals surface area contributed by atoms with Gasteiger partial charge in [0.05, 0.1) is 12.7 Å². The average Bonchev–Trinajstić information content (AvgIpc) is 2.35. The highest BCUT2D eigenvalue weighted by Gasteiger charge is 2.17. The Balaban J connectivity index is 2.86. The van der Waals surface area contributed by atoms with Crippen molar-refractivity contribution >= 4 is 5.82 Å². The Labute approximate surface area is 105 Å². The molecule has 18 heavy (non-hydrogen) atoms. The molecule has 1 rings (SSSR count). The normalized spacial score (nSPS) is 14.3. The van der Waals surface area contributed by atoms with Crippen molar-refractivity contribution in [1.29, 1.82) is 0 Å². The molecule has 1 heterocycles. The van der Waals surface area contributed by atoms with Gasteiger partial charge < -0.3 is 14.7 Å². The van der Waals surface area contributed by atoms with E-state index in [1.165, 1.54) is 12.3 Å². The fourth-order valence-electron chi connectivity index (χ4n) is 1.30. The second kappa shape index (κ2) is 6.46. The fourth-order valence-corrected chi connectivity index (χ4v) is 1.30. The summed E-state index contributed by atoms with van der Waals surface area (Å²) < 4.78 is 19.4. The summed E-state index contributed by atoms with van der Waals surface area (Å²) in [6.07, 6.45) is 1.09. The second-order valence-corrected chi connectivity index (χ2v) is 4.01. The van der Waals surface area contributed by atoms with Gasteiger partial charge in [-0.15, -0.1) is 0 Å². The van der Waals surface area contributed by atoms with E-state index in [0.717, 1.165) is 4.57 Å². The van der Waals surface area contributed by atoms with Gasteiger partial charge in [0.15, 0.2) is 0 Å². The first-order valence-corrected chi connectivity index (χ1v) is 5.66. The highest BCUT2D eigenvalue weighted by atomic mass is 19.1. The lowest BCUT2D eigenvalue weighted by Crippen LogP contribution is -2.30. The Hall–Kier alpha value is -1.47. The van der Waals surface area contributed by atoms with Crippen molar-refractivity contribution in [3.8, 4) is 0 Å². The smallest absolute Gasteiger partial charge is 0.353 e. The van der Waals surface area contributed by atoms with E-state index in [0.29, 0.717) is 12.2 Å². The van der Waals surface area contributed by atoms with Crippen LogP contribution in [0.1, 0.15) is 19.8 Å². The lowest BCUT2D eigenvalue weighted by molar-refractivity contribution is -0.147. The molecule has 0 aromatic carbocycles. The number of rotatable bonds is 6. The third-order valence-corrected chi connectivity index (χ3v) is 2.46. The quantitative estimate of drug-likeness (QED) is 0.806. The van der Waals surface area contributed by atoms with E-state index < -0.39 is 18.3 Å². The maximum Gasteiger partial charge on any atom is 0.353 e. The van der Waals surface area contributed by atoms with Crippen molar-refractivity contribution in [3.05, 3.63) is 22.7 Å². The van der Waals surface area contributed by atoms with Crippen molar-refractivity contribution in [2.75, 3.05) is 25.6 Å². The highest BCUT2D eigenvalue weighted by molar-refractivity contribution is 5.33. The van der Waals surface area contributed by atoms with Gasteiger partial charge in [0, 0.05) is 20.3 Å². The molecule has 0 radical (unpaired) electrons. The van der Waals surface area contributed by atoms with Crippen LogP contribution in [0.4, 0.5) is 10.2 Å². The molecular formula is C11H18FN3O3. The third-order valence-electron chi connectivity index (χ3n) is 2.46. The fraction of sp³-hybridized carbons (Fsp3) is 0.636. The molecule has 0 fully saturated rings.